The molecule has 2 atom stereocenters. The molecule has 3 amide bonds. The largest absolute Gasteiger partial charge is 0.453 e. The first-order valence-electron chi connectivity index (χ1n) is 16.3. The Balaban J connectivity index is 1.22. The minimum Gasteiger partial charge on any atom is -0.453 e. The Bertz CT molecular complexity index is 2110. The first kappa shape index (κ1) is 35.5. The molecule has 6 rings (SSSR count). The number of carbonyl (C=O) groups is 3. The zero-order chi connectivity index (χ0) is 36.5. The van der Waals surface area contributed by atoms with Crippen molar-refractivity contribution in [2.24, 2.45) is 5.92 Å². The number of tetrazole rings is 1. The fourth-order valence-corrected chi connectivity index (χ4v) is 6.01. The Labute approximate surface area is 302 Å². The van der Waals surface area contributed by atoms with E-state index in [1.165, 1.54) is 24.2 Å². The molecule has 1 aliphatic rings. The summed E-state index contributed by atoms with van der Waals surface area (Å²) in [4.78, 5) is 52.7. The lowest BCUT2D eigenvalue weighted by Gasteiger charge is -2.22. The molecule has 0 spiro atoms. The summed E-state index contributed by atoms with van der Waals surface area (Å²) in [6.45, 7) is 1.07. The monoisotopic (exact) mass is 723 g/mol. The number of methoxy groups -OCH3 is 1. The third-order valence-corrected chi connectivity index (χ3v) is 8.68. The van der Waals surface area contributed by atoms with Gasteiger partial charge in [-0.15, -0.1) is 5.10 Å². The zero-order valence-electron chi connectivity index (χ0n) is 27.9. The number of halogens is 1. The van der Waals surface area contributed by atoms with E-state index >= 15 is 0 Å². The van der Waals surface area contributed by atoms with Gasteiger partial charge in [0.05, 0.1) is 30.1 Å². The van der Waals surface area contributed by atoms with E-state index in [0.717, 1.165) is 5.56 Å². The van der Waals surface area contributed by atoms with E-state index < -0.39 is 29.7 Å². The fourth-order valence-electron chi connectivity index (χ4n) is 5.83. The average Bonchev–Trinajstić information content (AvgIpc) is 3.87. The van der Waals surface area contributed by atoms with E-state index in [1.807, 2.05) is 30.3 Å². The SMILES string of the molecule is COC(=O)Nc1ccc(-c2cc(C(CC3CCN(C(=O)OCc4ccccc4)C3)NC(=O)/C=C/c3cc(Cl)ccc3-n3cnnn3)n[nH]c2=O)cc1. The first-order valence-corrected chi connectivity index (χ1v) is 16.7. The second kappa shape index (κ2) is 16.6. The molecule has 3 heterocycles. The van der Waals surface area contributed by atoms with Gasteiger partial charge in [-0.2, -0.15) is 9.78 Å². The number of H-pyrrole nitrogens is 1. The van der Waals surface area contributed by atoms with Gasteiger partial charge in [-0.3, -0.25) is 14.9 Å². The number of benzene rings is 3. The van der Waals surface area contributed by atoms with Crippen LogP contribution < -0.4 is 16.2 Å². The Morgan fingerprint density at radius 1 is 1.08 bits per heavy atom. The normalized spacial score (nSPS) is 14.6. The van der Waals surface area contributed by atoms with Gasteiger partial charge in [0.25, 0.3) is 5.56 Å². The zero-order valence-corrected chi connectivity index (χ0v) is 28.7. The molecular formula is C36H34ClN9O6. The lowest BCUT2D eigenvalue weighted by atomic mass is 9.95. The van der Waals surface area contributed by atoms with Crippen molar-refractivity contribution in [2.75, 3.05) is 25.5 Å². The van der Waals surface area contributed by atoms with Crippen molar-refractivity contribution in [1.29, 1.82) is 0 Å². The first-order chi connectivity index (χ1) is 25.2. The van der Waals surface area contributed by atoms with Gasteiger partial charge in [0.2, 0.25) is 5.91 Å². The summed E-state index contributed by atoms with van der Waals surface area (Å²) < 4.78 is 11.6. The molecule has 52 heavy (non-hydrogen) atoms. The van der Waals surface area contributed by atoms with Crippen LogP contribution in [-0.4, -0.2) is 73.6 Å². The van der Waals surface area contributed by atoms with Crippen molar-refractivity contribution in [3.05, 3.63) is 123 Å². The van der Waals surface area contributed by atoms with Crippen molar-refractivity contribution in [2.45, 2.75) is 25.5 Å². The van der Waals surface area contributed by atoms with Gasteiger partial charge >= 0.3 is 12.2 Å². The van der Waals surface area contributed by atoms with Gasteiger partial charge in [0, 0.05) is 35.4 Å². The van der Waals surface area contributed by atoms with E-state index in [4.69, 9.17) is 16.3 Å². The number of amides is 3. The van der Waals surface area contributed by atoms with Crippen molar-refractivity contribution in [1.82, 2.24) is 40.6 Å². The van der Waals surface area contributed by atoms with E-state index in [1.54, 1.807) is 59.5 Å². The van der Waals surface area contributed by atoms with E-state index in [0.29, 0.717) is 64.7 Å². The van der Waals surface area contributed by atoms with Gasteiger partial charge < -0.3 is 19.7 Å². The summed E-state index contributed by atoms with van der Waals surface area (Å²) in [6.07, 6.45) is 4.45. The summed E-state index contributed by atoms with van der Waals surface area (Å²) >= 11 is 6.26. The minimum absolute atomic E-state index is 0.0150. The van der Waals surface area contributed by atoms with Crippen molar-refractivity contribution < 1.29 is 23.9 Å². The summed E-state index contributed by atoms with van der Waals surface area (Å²) in [5.74, 6) is -0.448. The molecule has 16 heteroatoms. The third kappa shape index (κ3) is 9.05. The van der Waals surface area contributed by atoms with E-state index in [-0.39, 0.29) is 12.5 Å². The van der Waals surface area contributed by atoms with Crippen LogP contribution >= 0.6 is 11.6 Å². The number of nitrogens with zero attached hydrogens (tertiary/aromatic N) is 6. The quantitative estimate of drug-likeness (QED) is 0.154. The number of aromatic nitrogens is 6. The Kier molecular flexibility index (Phi) is 11.3. The predicted octanol–water partition coefficient (Wildman–Crippen LogP) is 5.16. The van der Waals surface area contributed by atoms with Crippen LogP contribution in [0.2, 0.25) is 5.02 Å². The molecule has 15 nitrogen and oxygen atoms in total. The van der Waals surface area contributed by atoms with Crippen LogP contribution in [0.5, 0.6) is 0 Å². The molecule has 0 aliphatic carbocycles. The van der Waals surface area contributed by atoms with Gasteiger partial charge in [-0.05, 0) is 82.8 Å². The van der Waals surface area contributed by atoms with Crippen LogP contribution in [0.15, 0.2) is 96.1 Å². The maximum atomic E-state index is 13.5. The van der Waals surface area contributed by atoms with Crippen molar-refractivity contribution >= 4 is 41.5 Å². The molecule has 1 aliphatic heterocycles. The number of nitrogens with one attached hydrogen (secondary N) is 3. The maximum Gasteiger partial charge on any atom is 0.411 e. The molecule has 2 aromatic heterocycles. The highest BCUT2D eigenvalue weighted by Gasteiger charge is 2.31. The Hall–Kier alpha value is -6.35. The molecule has 266 valence electrons. The smallest absolute Gasteiger partial charge is 0.411 e. The van der Waals surface area contributed by atoms with Gasteiger partial charge in [0.15, 0.2) is 0 Å². The molecule has 1 fully saturated rings. The topological polar surface area (TPSA) is 186 Å². The van der Waals surface area contributed by atoms with Crippen LogP contribution in [0, 0.1) is 5.92 Å². The summed E-state index contributed by atoms with van der Waals surface area (Å²) in [5, 5.41) is 24.3. The molecule has 2 unspecified atom stereocenters. The van der Waals surface area contributed by atoms with Crippen molar-refractivity contribution in [3.63, 3.8) is 0 Å². The molecule has 3 N–H and O–H groups in total. The number of anilines is 1. The number of hydrogen-bond acceptors (Lipinski definition) is 10. The Morgan fingerprint density at radius 3 is 2.63 bits per heavy atom. The van der Waals surface area contributed by atoms with Gasteiger partial charge in [0.1, 0.15) is 12.9 Å². The highest BCUT2D eigenvalue weighted by atomic mass is 35.5. The number of ether oxygens (including phenoxy) is 2. The number of aromatic amines is 1. The van der Waals surface area contributed by atoms with Crippen molar-refractivity contribution in [3.8, 4) is 16.8 Å². The number of carbonyl (C=O) groups excluding carboxylic acids is 3. The standard InChI is InChI=1S/C36H34ClN9O6/c1-51-35(49)39-28-11-7-25(8-12-28)29-19-31(41-42-34(29)48)30(17-24-15-16-45(20-24)36(50)52-21-23-5-3-2-4-6-23)40-33(47)14-9-26-18-27(37)10-13-32(26)46-22-38-43-44-46/h2-14,18-19,22,24,30H,15-17,20-21H2,1H3,(H,39,49)(H,40,47)(H,42,48)/b14-9+. The van der Waals surface area contributed by atoms with Crippen LogP contribution in [0.1, 0.15) is 35.7 Å². The molecule has 3 aromatic carbocycles. The second-order valence-electron chi connectivity index (χ2n) is 12.0. The van der Waals surface area contributed by atoms with Gasteiger partial charge in [-0.1, -0.05) is 54.1 Å². The molecular weight excluding hydrogens is 690 g/mol. The summed E-state index contributed by atoms with van der Waals surface area (Å²) in [5.41, 5.74) is 3.43. The Morgan fingerprint density at radius 2 is 1.88 bits per heavy atom. The molecule has 0 bridgehead atoms. The van der Waals surface area contributed by atoms with Crippen LogP contribution in [-0.2, 0) is 20.9 Å². The van der Waals surface area contributed by atoms with E-state index in [9.17, 15) is 19.2 Å². The summed E-state index contributed by atoms with van der Waals surface area (Å²) in [6, 6.07) is 22.2. The van der Waals surface area contributed by atoms with Gasteiger partial charge in [-0.25, -0.2) is 14.7 Å². The predicted molar refractivity (Wildman–Crippen MR) is 191 cm³/mol. The number of rotatable bonds is 11. The fraction of sp³-hybridized carbons (Fsp3) is 0.222. The van der Waals surface area contributed by atoms with E-state index in [2.05, 4.69) is 41.1 Å². The van der Waals surface area contributed by atoms with Crippen LogP contribution in [0.3, 0.4) is 0 Å². The second-order valence-corrected chi connectivity index (χ2v) is 12.4. The number of likely N-dealkylation sites (tertiary alicyclic amines) is 1. The van der Waals surface area contributed by atoms with Crippen LogP contribution in [0.25, 0.3) is 22.9 Å². The molecule has 1 saturated heterocycles. The lowest BCUT2D eigenvalue weighted by molar-refractivity contribution is -0.117. The molecule has 0 saturated carbocycles. The highest BCUT2D eigenvalue weighted by Crippen LogP contribution is 2.29. The highest BCUT2D eigenvalue weighted by molar-refractivity contribution is 6.30. The number of hydrogen-bond donors (Lipinski definition) is 3. The molecule has 0 radical (unpaired) electrons. The lowest BCUT2D eigenvalue weighted by Crippen LogP contribution is -2.32. The minimum atomic E-state index is -0.656. The third-order valence-electron chi connectivity index (χ3n) is 8.44. The average molecular weight is 724 g/mol. The summed E-state index contributed by atoms with van der Waals surface area (Å²) in [7, 11) is 1.26. The van der Waals surface area contributed by atoms with Crippen LogP contribution in [0.4, 0.5) is 15.3 Å². The maximum absolute atomic E-state index is 13.5. The molecule has 5 aromatic rings.